The van der Waals surface area contributed by atoms with Gasteiger partial charge in [-0.05, 0) is 24.5 Å². The van der Waals surface area contributed by atoms with E-state index in [1.165, 1.54) is 0 Å². The lowest BCUT2D eigenvalue weighted by Gasteiger charge is -1.94. The van der Waals surface area contributed by atoms with E-state index in [1.54, 1.807) is 6.20 Å². The maximum atomic E-state index is 10.7. The Morgan fingerprint density at radius 3 is 3.00 bits per heavy atom. The third-order valence-corrected chi connectivity index (χ3v) is 1.50. The summed E-state index contributed by atoms with van der Waals surface area (Å²) in [6.45, 7) is 0. The lowest BCUT2D eigenvalue weighted by Crippen LogP contribution is -1.97. The zero-order chi connectivity index (χ0) is 8.81. The average molecular weight is 159 g/mol. The highest BCUT2D eigenvalue weighted by atomic mass is 16.1. The summed E-state index contributed by atoms with van der Waals surface area (Å²) in [6, 6.07) is 5.61. The molecule has 0 aliphatic rings. The molecule has 0 aromatic carbocycles. The second-order valence-electron chi connectivity index (χ2n) is 2.39. The van der Waals surface area contributed by atoms with E-state index in [9.17, 15) is 4.79 Å². The zero-order valence-electron chi connectivity index (χ0n) is 6.66. The second kappa shape index (κ2) is 4.30. The van der Waals surface area contributed by atoms with Gasteiger partial charge >= 0.3 is 0 Å². The number of carbonyl (C=O) groups is 1. The van der Waals surface area contributed by atoms with Crippen LogP contribution >= 0.6 is 0 Å². The van der Waals surface area contributed by atoms with Gasteiger partial charge in [-0.25, -0.2) is 0 Å². The highest BCUT2D eigenvalue weighted by Gasteiger charge is 1.97. The van der Waals surface area contributed by atoms with Gasteiger partial charge in [0.2, 0.25) is 5.78 Å². The van der Waals surface area contributed by atoms with Crippen LogP contribution in [0.3, 0.4) is 0 Å². The van der Waals surface area contributed by atoms with Crippen LogP contribution in [-0.4, -0.2) is 10.8 Å². The van der Waals surface area contributed by atoms with Crippen LogP contribution in [0, 0.1) is 12.3 Å². The highest BCUT2D eigenvalue weighted by molar-refractivity contribution is 5.94. The molecule has 0 aliphatic carbocycles. The minimum atomic E-state index is -0.166. The molecule has 0 spiro atoms. The Bertz CT molecular complexity index is 297. The summed E-state index contributed by atoms with van der Waals surface area (Å²) in [6.07, 6.45) is 7.63. The van der Waals surface area contributed by atoms with Crippen molar-refractivity contribution in [2.75, 3.05) is 0 Å². The number of pyridine rings is 1. The van der Waals surface area contributed by atoms with Crippen molar-refractivity contribution >= 4 is 5.78 Å². The lowest BCUT2D eigenvalue weighted by atomic mass is 10.2. The molecule has 0 amide bonds. The number of Topliss-reactive ketones (excluding diaryl/α,β-unsaturated/α-hetero) is 1. The molecule has 1 heterocycles. The highest BCUT2D eigenvalue weighted by Crippen LogP contribution is 1.97. The van der Waals surface area contributed by atoms with E-state index in [1.807, 2.05) is 18.2 Å². The number of rotatable bonds is 3. The van der Waals surface area contributed by atoms with Gasteiger partial charge in [0, 0.05) is 18.3 Å². The fraction of sp³-hybridized carbons (Fsp3) is 0.200. The third kappa shape index (κ3) is 2.55. The standard InChI is InChI=1S/C10H9NO/c1-2-10(12)7-6-9-5-3-4-8-11-9/h1,3-5,8H,6-7H2. The molecule has 0 radical (unpaired) electrons. The fourth-order valence-electron chi connectivity index (χ4n) is 0.860. The molecule has 0 aliphatic heterocycles. The van der Waals surface area contributed by atoms with E-state index < -0.39 is 0 Å². The van der Waals surface area contributed by atoms with Crippen LogP contribution in [0.4, 0.5) is 0 Å². The number of nitrogens with zero attached hydrogens (tertiary/aromatic N) is 1. The number of terminal acetylenes is 1. The molecule has 0 N–H and O–H groups in total. The molecule has 0 fully saturated rings. The number of hydrogen-bond acceptors (Lipinski definition) is 2. The monoisotopic (exact) mass is 159 g/mol. The molecular formula is C10H9NO. The number of aromatic nitrogens is 1. The number of ketones is 1. The van der Waals surface area contributed by atoms with Crippen molar-refractivity contribution in [3.05, 3.63) is 30.1 Å². The van der Waals surface area contributed by atoms with Crippen LogP contribution in [0.15, 0.2) is 24.4 Å². The van der Waals surface area contributed by atoms with Crippen molar-refractivity contribution in [1.82, 2.24) is 4.98 Å². The van der Waals surface area contributed by atoms with Crippen molar-refractivity contribution in [3.63, 3.8) is 0 Å². The van der Waals surface area contributed by atoms with Crippen LogP contribution in [0.1, 0.15) is 12.1 Å². The minimum absolute atomic E-state index is 0.166. The molecule has 1 aromatic rings. The van der Waals surface area contributed by atoms with Gasteiger partial charge in [0.1, 0.15) is 0 Å². The Kier molecular flexibility index (Phi) is 3.04. The molecule has 0 unspecified atom stereocenters. The number of aryl methyl sites for hydroxylation is 1. The lowest BCUT2D eigenvalue weighted by molar-refractivity contribution is -0.113. The summed E-state index contributed by atoms with van der Waals surface area (Å²) >= 11 is 0. The molecule has 1 rings (SSSR count). The molecular weight excluding hydrogens is 150 g/mol. The van der Waals surface area contributed by atoms with E-state index in [-0.39, 0.29) is 5.78 Å². The van der Waals surface area contributed by atoms with Gasteiger partial charge in [-0.1, -0.05) is 6.07 Å². The predicted octanol–water partition coefficient (Wildman–Crippen LogP) is 1.22. The molecule has 12 heavy (non-hydrogen) atoms. The Morgan fingerprint density at radius 2 is 2.42 bits per heavy atom. The summed E-state index contributed by atoms with van der Waals surface area (Å²) < 4.78 is 0. The first-order valence-corrected chi connectivity index (χ1v) is 3.72. The van der Waals surface area contributed by atoms with Crippen molar-refractivity contribution in [2.24, 2.45) is 0 Å². The first-order chi connectivity index (χ1) is 5.83. The predicted molar refractivity (Wildman–Crippen MR) is 46.4 cm³/mol. The molecule has 2 nitrogen and oxygen atoms in total. The van der Waals surface area contributed by atoms with Crippen LogP contribution in [0.5, 0.6) is 0 Å². The molecule has 0 bridgehead atoms. The summed E-state index contributed by atoms with van der Waals surface area (Å²) in [5.41, 5.74) is 0.904. The maximum absolute atomic E-state index is 10.7. The average Bonchev–Trinajstić information content (AvgIpc) is 2.16. The normalized spacial score (nSPS) is 8.92. The largest absolute Gasteiger partial charge is 0.285 e. The van der Waals surface area contributed by atoms with Gasteiger partial charge in [0.25, 0.3) is 0 Å². The number of hydrogen-bond donors (Lipinski definition) is 0. The molecule has 2 heteroatoms. The minimum Gasteiger partial charge on any atom is -0.285 e. The van der Waals surface area contributed by atoms with E-state index in [2.05, 4.69) is 10.9 Å². The van der Waals surface area contributed by atoms with E-state index in [0.29, 0.717) is 12.8 Å². The topological polar surface area (TPSA) is 30.0 Å². The second-order valence-corrected chi connectivity index (χ2v) is 2.39. The van der Waals surface area contributed by atoms with E-state index in [4.69, 9.17) is 6.42 Å². The van der Waals surface area contributed by atoms with Crippen molar-refractivity contribution in [1.29, 1.82) is 0 Å². The SMILES string of the molecule is C#CC(=O)CCc1ccccn1. The van der Waals surface area contributed by atoms with Crippen LogP contribution < -0.4 is 0 Å². The van der Waals surface area contributed by atoms with Crippen molar-refractivity contribution in [2.45, 2.75) is 12.8 Å². The Morgan fingerprint density at radius 1 is 1.58 bits per heavy atom. The number of carbonyl (C=O) groups excluding carboxylic acids is 1. The van der Waals surface area contributed by atoms with Crippen molar-refractivity contribution < 1.29 is 4.79 Å². The van der Waals surface area contributed by atoms with E-state index >= 15 is 0 Å². The first-order valence-electron chi connectivity index (χ1n) is 3.72. The van der Waals surface area contributed by atoms with E-state index in [0.717, 1.165) is 5.69 Å². The smallest absolute Gasteiger partial charge is 0.205 e. The summed E-state index contributed by atoms with van der Waals surface area (Å²) in [5.74, 6) is 1.90. The molecule has 0 atom stereocenters. The van der Waals surface area contributed by atoms with Gasteiger partial charge in [-0.3, -0.25) is 9.78 Å². The fourth-order valence-corrected chi connectivity index (χ4v) is 0.860. The molecule has 1 aromatic heterocycles. The molecule has 0 saturated carbocycles. The molecule has 60 valence electrons. The van der Waals surface area contributed by atoms with Crippen LogP contribution in [0.25, 0.3) is 0 Å². The Hall–Kier alpha value is -1.62. The van der Waals surface area contributed by atoms with Crippen LogP contribution in [-0.2, 0) is 11.2 Å². The van der Waals surface area contributed by atoms with Gasteiger partial charge in [-0.15, -0.1) is 6.42 Å². The van der Waals surface area contributed by atoms with Gasteiger partial charge in [0.15, 0.2) is 0 Å². The van der Waals surface area contributed by atoms with Gasteiger partial charge in [0.05, 0.1) is 0 Å². The van der Waals surface area contributed by atoms with Crippen LogP contribution in [0.2, 0.25) is 0 Å². The van der Waals surface area contributed by atoms with Gasteiger partial charge in [-0.2, -0.15) is 0 Å². The quantitative estimate of drug-likeness (QED) is 0.490. The zero-order valence-corrected chi connectivity index (χ0v) is 6.66. The van der Waals surface area contributed by atoms with Gasteiger partial charge < -0.3 is 0 Å². The Balaban J connectivity index is 2.45. The summed E-state index contributed by atoms with van der Waals surface area (Å²) in [5, 5.41) is 0. The van der Waals surface area contributed by atoms with Crippen molar-refractivity contribution in [3.8, 4) is 12.3 Å². The molecule has 0 saturated heterocycles. The first kappa shape index (κ1) is 8.48. The summed E-state index contributed by atoms with van der Waals surface area (Å²) in [4.78, 5) is 14.8. The maximum Gasteiger partial charge on any atom is 0.205 e. The third-order valence-electron chi connectivity index (χ3n) is 1.50. The summed E-state index contributed by atoms with van der Waals surface area (Å²) in [7, 11) is 0. The Labute approximate surface area is 71.6 Å².